The molecule has 8 nitrogen and oxygen atoms in total. The van der Waals surface area contributed by atoms with Gasteiger partial charge in [0.15, 0.2) is 11.5 Å². The van der Waals surface area contributed by atoms with E-state index in [0.717, 1.165) is 43.1 Å². The first-order chi connectivity index (χ1) is 17.6. The van der Waals surface area contributed by atoms with E-state index in [-0.39, 0.29) is 0 Å². The van der Waals surface area contributed by atoms with Crippen molar-refractivity contribution < 1.29 is 23.7 Å². The predicted molar refractivity (Wildman–Crippen MR) is 138 cm³/mol. The van der Waals surface area contributed by atoms with E-state index in [9.17, 15) is 0 Å². The van der Waals surface area contributed by atoms with Crippen molar-refractivity contribution in [3.05, 3.63) is 71.8 Å². The summed E-state index contributed by atoms with van der Waals surface area (Å²) < 4.78 is 31.6. The number of nitrogens with zero attached hydrogens (tertiary/aromatic N) is 3. The zero-order valence-electron chi connectivity index (χ0n) is 20.9. The summed E-state index contributed by atoms with van der Waals surface area (Å²) in [7, 11) is 3.36. The Labute approximate surface area is 217 Å². The van der Waals surface area contributed by atoms with Gasteiger partial charge in [-0.1, -0.05) is 23.7 Å². The molecule has 36 heavy (non-hydrogen) atoms. The molecule has 1 saturated heterocycles. The van der Waals surface area contributed by atoms with Gasteiger partial charge in [-0.05, 0) is 42.3 Å². The molecule has 0 saturated carbocycles. The summed E-state index contributed by atoms with van der Waals surface area (Å²) in [5.74, 6) is 2.18. The van der Waals surface area contributed by atoms with Crippen LogP contribution < -0.4 is 14.2 Å². The highest BCUT2D eigenvalue weighted by Crippen LogP contribution is 2.29. The van der Waals surface area contributed by atoms with Crippen LogP contribution in [0.4, 0.5) is 0 Å². The molecule has 0 amide bonds. The molecule has 2 aromatic carbocycles. The summed E-state index contributed by atoms with van der Waals surface area (Å²) in [5, 5.41) is 0.636. The minimum atomic E-state index is -0.599. The average molecular weight is 516 g/mol. The Morgan fingerprint density at radius 2 is 2.03 bits per heavy atom. The van der Waals surface area contributed by atoms with Crippen LogP contribution in [0.5, 0.6) is 17.2 Å². The second-order valence-electron chi connectivity index (χ2n) is 8.88. The molecule has 0 N–H and O–H groups in total. The number of benzene rings is 2. The smallest absolute Gasteiger partial charge is 0.161 e. The first-order valence-electron chi connectivity index (χ1n) is 12.1. The molecule has 194 valence electrons. The lowest BCUT2D eigenvalue weighted by Crippen LogP contribution is -2.50. The zero-order valence-corrected chi connectivity index (χ0v) is 21.7. The number of aromatic nitrogens is 2. The van der Waals surface area contributed by atoms with Gasteiger partial charge in [-0.15, -0.1) is 0 Å². The third-order valence-electron chi connectivity index (χ3n) is 6.17. The summed E-state index contributed by atoms with van der Waals surface area (Å²) in [6.45, 7) is 5.04. The van der Waals surface area contributed by atoms with Crippen LogP contribution in [-0.2, 0) is 22.6 Å². The van der Waals surface area contributed by atoms with Crippen molar-refractivity contribution in [2.24, 2.45) is 0 Å². The molecule has 1 aliphatic rings. The number of methoxy groups -OCH3 is 2. The van der Waals surface area contributed by atoms with Crippen LogP contribution in [0.15, 0.2) is 61.2 Å². The quantitative estimate of drug-likeness (QED) is 0.333. The minimum absolute atomic E-state index is 0.355. The number of hydrogen-bond acceptors (Lipinski definition) is 7. The van der Waals surface area contributed by atoms with Crippen molar-refractivity contribution in [1.29, 1.82) is 0 Å². The molecule has 1 aromatic heterocycles. The highest BCUT2D eigenvalue weighted by molar-refractivity contribution is 6.30. The molecule has 1 unspecified atom stereocenters. The van der Waals surface area contributed by atoms with Gasteiger partial charge < -0.3 is 28.3 Å². The molecular weight excluding hydrogens is 482 g/mol. The fraction of sp³-hybridized carbons (Fsp3) is 0.444. The summed E-state index contributed by atoms with van der Waals surface area (Å²) >= 11 is 6.11. The average Bonchev–Trinajstić information content (AvgIpc) is 3.33. The lowest BCUT2D eigenvalue weighted by molar-refractivity contribution is -0.0925. The van der Waals surface area contributed by atoms with E-state index in [1.807, 2.05) is 41.4 Å². The van der Waals surface area contributed by atoms with E-state index in [0.29, 0.717) is 43.7 Å². The van der Waals surface area contributed by atoms with Crippen LogP contribution in [0.25, 0.3) is 0 Å². The maximum absolute atomic E-state index is 6.11. The molecule has 3 aromatic rings. The van der Waals surface area contributed by atoms with E-state index in [1.54, 1.807) is 26.5 Å². The standard InChI is InChI=1S/C27H34ClN3O5/c1-32-25-8-7-22(15-26(25)35-13-4-10-30-11-9-29-21-30)17-31-12-14-34-19-27(18-31,33-2)20-36-24-6-3-5-23(28)16-24/h3,5-9,11,15-16,21H,4,10,12-14,17-20H2,1-2H3. The topological polar surface area (TPSA) is 67.2 Å². The number of hydrogen-bond donors (Lipinski definition) is 0. The van der Waals surface area contributed by atoms with Crippen LogP contribution in [0.1, 0.15) is 12.0 Å². The summed E-state index contributed by atoms with van der Waals surface area (Å²) in [6, 6.07) is 13.5. The molecule has 1 fully saturated rings. The monoisotopic (exact) mass is 515 g/mol. The van der Waals surface area contributed by atoms with Crippen molar-refractivity contribution >= 4 is 11.6 Å². The van der Waals surface area contributed by atoms with Crippen LogP contribution in [-0.4, -0.2) is 73.8 Å². The molecule has 0 radical (unpaired) electrons. The molecule has 4 rings (SSSR count). The Bertz CT molecular complexity index is 1080. The van der Waals surface area contributed by atoms with Crippen molar-refractivity contribution in [3.8, 4) is 17.2 Å². The van der Waals surface area contributed by atoms with Crippen LogP contribution in [0, 0.1) is 0 Å². The van der Waals surface area contributed by atoms with Crippen molar-refractivity contribution in [1.82, 2.24) is 14.5 Å². The normalized spacial score (nSPS) is 18.5. The first-order valence-corrected chi connectivity index (χ1v) is 12.5. The number of ether oxygens (including phenoxy) is 5. The molecule has 0 bridgehead atoms. The number of imidazole rings is 1. The minimum Gasteiger partial charge on any atom is -0.493 e. The van der Waals surface area contributed by atoms with E-state index in [1.165, 1.54) is 0 Å². The second-order valence-corrected chi connectivity index (χ2v) is 9.32. The Kier molecular flexibility index (Phi) is 9.47. The number of aryl methyl sites for hydroxylation is 1. The highest BCUT2D eigenvalue weighted by Gasteiger charge is 2.36. The lowest BCUT2D eigenvalue weighted by Gasteiger charge is -2.34. The zero-order chi connectivity index (χ0) is 25.2. The third kappa shape index (κ3) is 7.36. The van der Waals surface area contributed by atoms with Gasteiger partial charge in [-0.2, -0.15) is 0 Å². The van der Waals surface area contributed by atoms with Gasteiger partial charge >= 0.3 is 0 Å². The summed E-state index contributed by atoms with van der Waals surface area (Å²) in [6.07, 6.45) is 6.41. The van der Waals surface area contributed by atoms with Gasteiger partial charge in [0.05, 0.1) is 33.3 Å². The number of rotatable bonds is 12. The SMILES string of the molecule is COc1ccc(CN2CCOCC(COc3cccc(Cl)c3)(OC)C2)cc1OCCCn1ccnc1. The van der Waals surface area contributed by atoms with Gasteiger partial charge in [0.2, 0.25) is 0 Å². The molecule has 0 aliphatic carbocycles. The second kappa shape index (κ2) is 13.0. The fourth-order valence-electron chi connectivity index (χ4n) is 4.20. The van der Waals surface area contributed by atoms with Crippen LogP contribution in [0.2, 0.25) is 5.02 Å². The van der Waals surface area contributed by atoms with Crippen molar-refractivity contribution in [2.75, 3.05) is 53.7 Å². The Balaban J connectivity index is 1.38. The lowest BCUT2D eigenvalue weighted by atomic mass is 10.1. The van der Waals surface area contributed by atoms with Crippen molar-refractivity contribution in [2.45, 2.75) is 25.1 Å². The maximum Gasteiger partial charge on any atom is 0.161 e. The van der Waals surface area contributed by atoms with E-state index >= 15 is 0 Å². The van der Waals surface area contributed by atoms with Gasteiger partial charge in [0.1, 0.15) is 18.0 Å². The summed E-state index contributed by atoms with van der Waals surface area (Å²) in [5.41, 5.74) is 0.529. The molecule has 1 atom stereocenters. The largest absolute Gasteiger partial charge is 0.493 e. The fourth-order valence-corrected chi connectivity index (χ4v) is 4.38. The van der Waals surface area contributed by atoms with Crippen LogP contribution >= 0.6 is 11.6 Å². The number of halogens is 1. The van der Waals surface area contributed by atoms with Gasteiger partial charge in [0, 0.05) is 50.7 Å². The molecular formula is C27H34ClN3O5. The van der Waals surface area contributed by atoms with Gasteiger partial charge in [0.25, 0.3) is 0 Å². The van der Waals surface area contributed by atoms with E-state index in [2.05, 4.69) is 22.0 Å². The van der Waals surface area contributed by atoms with Crippen LogP contribution in [0.3, 0.4) is 0 Å². The molecule has 2 heterocycles. The Hall–Kier alpha value is -2.78. The Morgan fingerprint density at radius 1 is 1.11 bits per heavy atom. The third-order valence-corrected chi connectivity index (χ3v) is 6.41. The van der Waals surface area contributed by atoms with Gasteiger partial charge in [-0.25, -0.2) is 4.98 Å². The molecule has 9 heteroatoms. The Morgan fingerprint density at radius 3 is 2.81 bits per heavy atom. The predicted octanol–water partition coefficient (Wildman–Crippen LogP) is 4.31. The first kappa shape index (κ1) is 26.3. The van der Waals surface area contributed by atoms with E-state index < -0.39 is 5.60 Å². The van der Waals surface area contributed by atoms with E-state index in [4.69, 9.17) is 35.3 Å². The summed E-state index contributed by atoms with van der Waals surface area (Å²) in [4.78, 5) is 6.40. The molecule has 0 spiro atoms. The maximum atomic E-state index is 6.11. The van der Waals surface area contributed by atoms with Crippen molar-refractivity contribution in [3.63, 3.8) is 0 Å². The van der Waals surface area contributed by atoms with Gasteiger partial charge in [-0.3, -0.25) is 4.90 Å². The molecule has 1 aliphatic heterocycles. The highest BCUT2D eigenvalue weighted by atomic mass is 35.5.